The third kappa shape index (κ3) is 1.28. The summed E-state index contributed by atoms with van der Waals surface area (Å²) in [5.41, 5.74) is 2.19. The van der Waals surface area contributed by atoms with Crippen molar-refractivity contribution in [2.75, 3.05) is 5.75 Å². The summed E-state index contributed by atoms with van der Waals surface area (Å²) in [6.45, 7) is 1.93. The number of nitrogens with one attached hydrogen (secondary N) is 1. The van der Waals surface area contributed by atoms with Crippen LogP contribution in [0.15, 0.2) is 0 Å². The molecule has 0 fully saturated rings. The molecule has 11 heavy (non-hydrogen) atoms. The van der Waals surface area contributed by atoms with Gasteiger partial charge in [0, 0.05) is 6.42 Å². The maximum Gasteiger partial charge on any atom is 0.147 e. The van der Waals surface area contributed by atoms with Crippen molar-refractivity contribution in [3.05, 3.63) is 17.2 Å². The molecular weight excluding hydrogens is 160 g/mol. The third-order valence-electron chi connectivity index (χ3n) is 1.85. The molecule has 3 nitrogen and oxygen atoms in total. The molecular formula is C7H10N2OS. The van der Waals surface area contributed by atoms with Gasteiger partial charge in [0.05, 0.1) is 11.4 Å². The number of H-pyrrole nitrogens is 1. The SMILES string of the molecule is Cc1nc2c([nH]1)C[S+]([O-])CC2. The molecule has 4 heteroatoms. The van der Waals surface area contributed by atoms with Crippen LogP contribution in [0.5, 0.6) is 0 Å². The Hall–Kier alpha value is -0.480. The Morgan fingerprint density at radius 2 is 2.45 bits per heavy atom. The molecule has 0 spiro atoms. The number of nitrogens with zero attached hydrogens (tertiary/aromatic N) is 1. The van der Waals surface area contributed by atoms with E-state index in [2.05, 4.69) is 9.97 Å². The van der Waals surface area contributed by atoms with Crippen molar-refractivity contribution in [2.45, 2.75) is 19.1 Å². The van der Waals surface area contributed by atoms with Gasteiger partial charge in [-0.3, -0.25) is 0 Å². The fourth-order valence-corrected chi connectivity index (χ4v) is 2.48. The molecule has 60 valence electrons. The van der Waals surface area contributed by atoms with E-state index >= 15 is 0 Å². The molecule has 0 amide bonds. The van der Waals surface area contributed by atoms with Gasteiger partial charge in [0.15, 0.2) is 0 Å². The number of hydrogen-bond acceptors (Lipinski definition) is 2. The lowest BCUT2D eigenvalue weighted by molar-refractivity contribution is 0.589. The molecule has 1 N–H and O–H groups in total. The van der Waals surface area contributed by atoms with E-state index in [1.165, 1.54) is 0 Å². The standard InChI is InChI=1S/C7H10N2OS/c1-5-8-6-2-3-11(10)4-7(6)9-5/h2-4H2,1H3,(H,8,9). The van der Waals surface area contributed by atoms with Gasteiger partial charge in [0.25, 0.3) is 0 Å². The fraction of sp³-hybridized carbons (Fsp3) is 0.571. The average Bonchev–Trinajstić information content (AvgIpc) is 2.27. The minimum Gasteiger partial charge on any atom is -0.616 e. The number of aromatic nitrogens is 2. The van der Waals surface area contributed by atoms with E-state index < -0.39 is 11.2 Å². The van der Waals surface area contributed by atoms with E-state index in [1.54, 1.807) is 0 Å². The predicted octanol–water partition coefficient (Wildman–Crippen LogP) is 0.523. The van der Waals surface area contributed by atoms with Gasteiger partial charge in [-0.2, -0.15) is 0 Å². The summed E-state index contributed by atoms with van der Waals surface area (Å²) >= 11 is -0.659. The molecule has 2 heterocycles. The highest BCUT2D eigenvalue weighted by atomic mass is 32.2. The van der Waals surface area contributed by atoms with Gasteiger partial charge in [-0.15, -0.1) is 0 Å². The van der Waals surface area contributed by atoms with Gasteiger partial charge in [-0.05, 0) is 18.1 Å². The minimum atomic E-state index is -0.659. The molecule has 2 rings (SSSR count). The minimum absolute atomic E-state index is 0.659. The summed E-state index contributed by atoms with van der Waals surface area (Å²) < 4.78 is 11.1. The fourth-order valence-electron chi connectivity index (χ4n) is 1.36. The van der Waals surface area contributed by atoms with E-state index in [9.17, 15) is 4.55 Å². The molecule has 0 saturated heterocycles. The predicted molar refractivity (Wildman–Crippen MR) is 43.7 cm³/mol. The summed E-state index contributed by atoms with van der Waals surface area (Å²) in [5, 5.41) is 0. The lowest BCUT2D eigenvalue weighted by Gasteiger charge is -2.14. The van der Waals surface area contributed by atoms with Crippen LogP contribution in [0.3, 0.4) is 0 Å². The van der Waals surface area contributed by atoms with Crippen molar-refractivity contribution in [2.24, 2.45) is 0 Å². The van der Waals surface area contributed by atoms with E-state index in [1.807, 2.05) is 6.92 Å². The van der Waals surface area contributed by atoms with Gasteiger partial charge in [-0.25, -0.2) is 4.98 Å². The maximum atomic E-state index is 11.1. The lowest BCUT2D eigenvalue weighted by Crippen LogP contribution is -2.18. The van der Waals surface area contributed by atoms with Crippen molar-refractivity contribution in [1.82, 2.24) is 9.97 Å². The Morgan fingerprint density at radius 1 is 1.64 bits per heavy atom. The largest absolute Gasteiger partial charge is 0.616 e. The monoisotopic (exact) mass is 170 g/mol. The summed E-state index contributed by atoms with van der Waals surface area (Å²) in [6.07, 6.45) is 0.867. The second-order valence-electron chi connectivity index (χ2n) is 2.79. The Labute approximate surface area is 68.4 Å². The summed E-state index contributed by atoms with van der Waals surface area (Å²) in [6, 6.07) is 0. The first-order valence-corrected chi connectivity index (χ1v) is 5.14. The molecule has 1 aromatic heterocycles. The average molecular weight is 170 g/mol. The smallest absolute Gasteiger partial charge is 0.147 e. The van der Waals surface area contributed by atoms with E-state index in [0.29, 0.717) is 5.75 Å². The van der Waals surface area contributed by atoms with Gasteiger partial charge < -0.3 is 9.54 Å². The van der Waals surface area contributed by atoms with Crippen molar-refractivity contribution >= 4 is 11.2 Å². The molecule has 0 radical (unpaired) electrons. The van der Waals surface area contributed by atoms with Crippen molar-refractivity contribution in [1.29, 1.82) is 0 Å². The summed E-state index contributed by atoms with van der Waals surface area (Å²) in [7, 11) is 0. The maximum absolute atomic E-state index is 11.1. The second-order valence-corrected chi connectivity index (χ2v) is 4.36. The van der Waals surface area contributed by atoms with Crippen LogP contribution < -0.4 is 0 Å². The highest BCUT2D eigenvalue weighted by Crippen LogP contribution is 2.17. The molecule has 0 saturated carbocycles. The molecule has 0 bridgehead atoms. The number of aromatic amines is 1. The first kappa shape index (κ1) is 7.18. The number of imidazole rings is 1. The van der Waals surface area contributed by atoms with Crippen molar-refractivity contribution < 1.29 is 4.55 Å². The Kier molecular flexibility index (Phi) is 1.65. The first-order chi connectivity index (χ1) is 5.25. The first-order valence-electron chi connectivity index (χ1n) is 3.65. The second kappa shape index (κ2) is 2.53. The molecule has 1 aromatic rings. The van der Waals surface area contributed by atoms with Crippen molar-refractivity contribution in [3.63, 3.8) is 0 Å². The van der Waals surface area contributed by atoms with Crippen LogP contribution in [0.2, 0.25) is 0 Å². The topological polar surface area (TPSA) is 51.7 Å². The van der Waals surface area contributed by atoms with Crippen LogP contribution in [0.1, 0.15) is 17.2 Å². The zero-order chi connectivity index (χ0) is 7.84. The third-order valence-corrected chi connectivity index (χ3v) is 3.12. The highest BCUT2D eigenvalue weighted by molar-refractivity contribution is 7.90. The van der Waals surface area contributed by atoms with Crippen LogP contribution in [-0.4, -0.2) is 20.3 Å². The van der Waals surface area contributed by atoms with Crippen LogP contribution in [0, 0.1) is 6.92 Å². The van der Waals surface area contributed by atoms with Gasteiger partial charge in [0.2, 0.25) is 0 Å². The zero-order valence-corrected chi connectivity index (χ0v) is 7.20. The number of fused-ring (bicyclic) bond motifs is 1. The Bertz CT molecular complexity index is 271. The van der Waals surface area contributed by atoms with E-state index in [0.717, 1.165) is 29.4 Å². The summed E-state index contributed by atoms with van der Waals surface area (Å²) in [4.78, 5) is 7.42. The number of hydrogen-bond donors (Lipinski definition) is 1. The normalized spacial score (nSPS) is 23.3. The molecule has 1 aliphatic heterocycles. The van der Waals surface area contributed by atoms with Crippen LogP contribution in [0.25, 0.3) is 0 Å². The van der Waals surface area contributed by atoms with Gasteiger partial charge in [-0.1, -0.05) is 0 Å². The van der Waals surface area contributed by atoms with Crippen molar-refractivity contribution in [3.8, 4) is 0 Å². The number of aryl methyl sites for hydroxylation is 2. The van der Waals surface area contributed by atoms with Crippen LogP contribution in [-0.2, 0) is 23.3 Å². The quantitative estimate of drug-likeness (QED) is 0.577. The summed E-state index contributed by atoms with van der Waals surface area (Å²) in [5.74, 6) is 2.38. The van der Waals surface area contributed by atoms with Gasteiger partial charge >= 0.3 is 0 Å². The molecule has 0 aliphatic carbocycles. The Morgan fingerprint density at radius 3 is 3.27 bits per heavy atom. The Balaban J connectivity index is 2.34. The van der Waals surface area contributed by atoms with E-state index in [-0.39, 0.29) is 0 Å². The van der Waals surface area contributed by atoms with Crippen LogP contribution >= 0.6 is 0 Å². The number of rotatable bonds is 0. The van der Waals surface area contributed by atoms with E-state index in [4.69, 9.17) is 0 Å². The molecule has 0 aromatic carbocycles. The molecule has 1 atom stereocenters. The molecule has 1 aliphatic rings. The van der Waals surface area contributed by atoms with Crippen LogP contribution in [0.4, 0.5) is 0 Å². The highest BCUT2D eigenvalue weighted by Gasteiger charge is 2.21. The van der Waals surface area contributed by atoms with Gasteiger partial charge in [0.1, 0.15) is 17.3 Å². The zero-order valence-electron chi connectivity index (χ0n) is 6.39. The lowest BCUT2D eigenvalue weighted by atomic mass is 10.3. The molecule has 1 unspecified atom stereocenters.